The second-order valence-electron chi connectivity index (χ2n) is 6.34. The van der Waals surface area contributed by atoms with Crippen molar-refractivity contribution in [2.24, 2.45) is 10.7 Å². The summed E-state index contributed by atoms with van der Waals surface area (Å²) in [6.45, 7) is 3.16. The van der Waals surface area contributed by atoms with Crippen LogP contribution in [0.15, 0.2) is 47.7 Å². The summed E-state index contributed by atoms with van der Waals surface area (Å²) in [5.41, 5.74) is 10.5. The molecular weight excluding hydrogens is 340 g/mol. The number of nitrogens with two attached hydrogens (primary N) is 1. The molecule has 3 heterocycles. The monoisotopic (exact) mass is 362 g/mol. The number of hydrogen-bond donors (Lipinski definition) is 2. The summed E-state index contributed by atoms with van der Waals surface area (Å²) in [6, 6.07) is 10.2. The Morgan fingerprint density at radius 2 is 2.11 bits per heavy atom. The zero-order valence-electron chi connectivity index (χ0n) is 15.2. The number of aromatic nitrogens is 3. The Labute approximate surface area is 157 Å². The maximum atomic E-state index is 5.76. The fraction of sp³-hybridized carbons (Fsp3) is 0.250. The number of aromatic amines is 1. The second-order valence-corrected chi connectivity index (χ2v) is 6.34. The summed E-state index contributed by atoms with van der Waals surface area (Å²) in [5, 5.41) is 8.69. The number of H-pyrrole nitrogens is 1. The minimum Gasteiger partial charge on any atom is -0.404 e. The van der Waals surface area contributed by atoms with Crippen LogP contribution in [-0.2, 0) is 4.74 Å². The number of rotatable bonds is 4. The quantitative estimate of drug-likeness (QED) is 0.696. The molecule has 0 radical (unpaired) electrons. The van der Waals surface area contributed by atoms with Crippen molar-refractivity contribution in [1.29, 1.82) is 0 Å². The van der Waals surface area contributed by atoms with Crippen LogP contribution in [0.3, 0.4) is 0 Å². The minimum absolute atomic E-state index is 0.730. The van der Waals surface area contributed by atoms with E-state index >= 15 is 0 Å². The van der Waals surface area contributed by atoms with E-state index in [1.54, 1.807) is 19.5 Å². The predicted octanol–water partition coefficient (Wildman–Crippen LogP) is 2.46. The molecule has 1 aliphatic heterocycles. The zero-order valence-corrected chi connectivity index (χ0v) is 15.2. The lowest BCUT2D eigenvalue weighted by atomic mass is 10.0. The molecule has 3 aromatic rings. The van der Waals surface area contributed by atoms with Gasteiger partial charge >= 0.3 is 0 Å². The van der Waals surface area contributed by atoms with Crippen LogP contribution in [0.4, 0.5) is 5.82 Å². The highest BCUT2D eigenvalue weighted by atomic mass is 16.5. The molecule has 0 spiro atoms. The normalized spacial score (nSPS) is 15.7. The molecule has 1 fully saturated rings. The third-order valence-corrected chi connectivity index (χ3v) is 4.70. The first-order valence-electron chi connectivity index (χ1n) is 8.92. The standard InChI is InChI=1S/C20H22N6O/c1-22-13-16(12-21)14-2-3-18-17(10-14)20(25-24-18)15-4-5-23-19(11-15)26-6-8-27-9-7-26/h2-5,10-13H,6-9,21H2,1H3,(H,24,25). The van der Waals surface area contributed by atoms with Gasteiger partial charge in [-0.25, -0.2) is 4.98 Å². The van der Waals surface area contributed by atoms with Crippen molar-refractivity contribution in [2.45, 2.75) is 0 Å². The number of pyridine rings is 1. The lowest BCUT2D eigenvalue weighted by molar-refractivity contribution is 0.122. The van der Waals surface area contributed by atoms with Crippen molar-refractivity contribution >= 4 is 28.5 Å². The maximum absolute atomic E-state index is 5.76. The molecular formula is C20H22N6O. The van der Waals surface area contributed by atoms with E-state index in [2.05, 4.69) is 37.2 Å². The van der Waals surface area contributed by atoms with E-state index in [0.29, 0.717) is 0 Å². The molecule has 0 aliphatic carbocycles. The van der Waals surface area contributed by atoms with Gasteiger partial charge in [-0.2, -0.15) is 5.10 Å². The average Bonchev–Trinajstić information content (AvgIpc) is 3.16. The Morgan fingerprint density at radius 3 is 2.89 bits per heavy atom. The molecule has 7 nitrogen and oxygen atoms in total. The first-order chi connectivity index (χ1) is 13.3. The van der Waals surface area contributed by atoms with E-state index in [-0.39, 0.29) is 0 Å². The number of allylic oxidation sites excluding steroid dienone is 1. The van der Waals surface area contributed by atoms with Crippen LogP contribution in [0, 0.1) is 0 Å². The van der Waals surface area contributed by atoms with Gasteiger partial charge in [0, 0.05) is 55.3 Å². The Morgan fingerprint density at radius 1 is 1.26 bits per heavy atom. The van der Waals surface area contributed by atoms with Gasteiger partial charge in [-0.1, -0.05) is 6.07 Å². The molecule has 0 amide bonds. The van der Waals surface area contributed by atoms with E-state index in [9.17, 15) is 0 Å². The van der Waals surface area contributed by atoms with Crippen LogP contribution in [0.25, 0.3) is 27.7 Å². The van der Waals surface area contributed by atoms with Crippen LogP contribution >= 0.6 is 0 Å². The van der Waals surface area contributed by atoms with Crippen LogP contribution in [0.2, 0.25) is 0 Å². The summed E-state index contributed by atoms with van der Waals surface area (Å²) in [4.78, 5) is 10.8. The van der Waals surface area contributed by atoms with Crippen molar-refractivity contribution < 1.29 is 4.74 Å². The summed E-state index contributed by atoms with van der Waals surface area (Å²) in [5.74, 6) is 0.948. The molecule has 1 aromatic carbocycles. The molecule has 27 heavy (non-hydrogen) atoms. The Hall–Kier alpha value is -3.19. The van der Waals surface area contributed by atoms with E-state index < -0.39 is 0 Å². The molecule has 2 aromatic heterocycles. The number of nitrogens with zero attached hydrogens (tertiary/aromatic N) is 4. The van der Waals surface area contributed by atoms with E-state index in [1.807, 2.05) is 24.4 Å². The number of anilines is 1. The molecule has 1 saturated heterocycles. The Balaban J connectivity index is 1.75. The van der Waals surface area contributed by atoms with Crippen molar-refractivity contribution in [2.75, 3.05) is 38.3 Å². The molecule has 1 aliphatic rings. The lowest BCUT2D eigenvalue weighted by Gasteiger charge is -2.27. The molecule has 0 saturated carbocycles. The largest absolute Gasteiger partial charge is 0.404 e. The van der Waals surface area contributed by atoms with Crippen LogP contribution < -0.4 is 10.6 Å². The minimum atomic E-state index is 0.730. The smallest absolute Gasteiger partial charge is 0.129 e. The van der Waals surface area contributed by atoms with E-state index in [1.165, 1.54) is 0 Å². The third-order valence-electron chi connectivity index (χ3n) is 4.70. The average molecular weight is 362 g/mol. The number of hydrogen-bond acceptors (Lipinski definition) is 6. The third kappa shape index (κ3) is 3.41. The highest BCUT2D eigenvalue weighted by Crippen LogP contribution is 2.30. The molecule has 0 bridgehead atoms. The highest BCUT2D eigenvalue weighted by molar-refractivity contribution is 6.11. The first kappa shape index (κ1) is 17.2. The van der Waals surface area contributed by atoms with Gasteiger partial charge < -0.3 is 15.4 Å². The van der Waals surface area contributed by atoms with Gasteiger partial charge in [-0.3, -0.25) is 10.1 Å². The maximum Gasteiger partial charge on any atom is 0.129 e. The van der Waals surface area contributed by atoms with Gasteiger partial charge in [-0.05, 0) is 29.8 Å². The fourth-order valence-electron chi connectivity index (χ4n) is 3.30. The molecule has 0 atom stereocenters. The summed E-state index contributed by atoms with van der Waals surface area (Å²) in [6.07, 6.45) is 5.15. The van der Waals surface area contributed by atoms with E-state index in [4.69, 9.17) is 10.5 Å². The van der Waals surface area contributed by atoms with Gasteiger partial charge in [0.25, 0.3) is 0 Å². The van der Waals surface area contributed by atoms with E-state index in [0.717, 1.165) is 65.4 Å². The highest BCUT2D eigenvalue weighted by Gasteiger charge is 2.15. The molecule has 0 unspecified atom stereocenters. The van der Waals surface area contributed by atoms with Crippen molar-refractivity contribution in [1.82, 2.24) is 15.2 Å². The van der Waals surface area contributed by atoms with Gasteiger partial charge in [-0.15, -0.1) is 0 Å². The zero-order chi connectivity index (χ0) is 18.6. The number of fused-ring (bicyclic) bond motifs is 1. The summed E-state index contributed by atoms with van der Waals surface area (Å²) in [7, 11) is 1.73. The number of aliphatic imine (C=N–C) groups is 1. The van der Waals surface area contributed by atoms with Gasteiger partial charge in [0.1, 0.15) is 11.5 Å². The van der Waals surface area contributed by atoms with Gasteiger partial charge in [0.05, 0.1) is 18.7 Å². The summed E-state index contributed by atoms with van der Waals surface area (Å²) < 4.78 is 5.43. The number of benzene rings is 1. The molecule has 7 heteroatoms. The van der Waals surface area contributed by atoms with Gasteiger partial charge in [0.15, 0.2) is 0 Å². The van der Waals surface area contributed by atoms with Crippen LogP contribution in [0.5, 0.6) is 0 Å². The van der Waals surface area contributed by atoms with Crippen molar-refractivity contribution in [3.8, 4) is 11.3 Å². The number of nitrogens with one attached hydrogen (secondary N) is 1. The predicted molar refractivity (Wildman–Crippen MR) is 109 cm³/mol. The van der Waals surface area contributed by atoms with Crippen LogP contribution in [0.1, 0.15) is 5.56 Å². The van der Waals surface area contributed by atoms with Crippen LogP contribution in [-0.4, -0.2) is 54.7 Å². The lowest BCUT2D eigenvalue weighted by Crippen LogP contribution is -2.36. The van der Waals surface area contributed by atoms with Crippen molar-refractivity contribution in [3.63, 3.8) is 0 Å². The van der Waals surface area contributed by atoms with Crippen molar-refractivity contribution in [3.05, 3.63) is 48.3 Å². The molecule has 4 rings (SSSR count). The Bertz CT molecular complexity index is 1000. The number of morpholine rings is 1. The molecule has 3 N–H and O–H groups in total. The molecule has 138 valence electrons. The fourth-order valence-corrected chi connectivity index (χ4v) is 3.30. The number of ether oxygens (including phenoxy) is 1. The second kappa shape index (κ2) is 7.59. The Kier molecular flexibility index (Phi) is 4.84. The topological polar surface area (TPSA) is 92.4 Å². The van der Waals surface area contributed by atoms with Gasteiger partial charge in [0.2, 0.25) is 0 Å². The first-order valence-corrected chi connectivity index (χ1v) is 8.92. The SMILES string of the molecule is CN=CC(=CN)c1ccc2[nH]nc(-c3ccnc(N4CCOCC4)c3)c2c1. The summed E-state index contributed by atoms with van der Waals surface area (Å²) >= 11 is 0.